The van der Waals surface area contributed by atoms with Crippen molar-refractivity contribution < 1.29 is 13.5 Å². The normalized spacial score (nSPS) is 11.8. The van der Waals surface area contributed by atoms with Gasteiger partial charge in [-0.25, -0.2) is 13.4 Å². The van der Waals surface area contributed by atoms with Crippen molar-refractivity contribution in [3.05, 3.63) is 18.3 Å². The second-order valence-electron chi connectivity index (χ2n) is 3.98. The Morgan fingerprint density at radius 3 is 2.58 bits per heavy atom. The van der Waals surface area contributed by atoms with Crippen LogP contribution in [0.15, 0.2) is 23.2 Å². The zero-order valence-corrected chi connectivity index (χ0v) is 12.2. The standard InChI is InChI=1S/C12H21N3O3S/c1-3-13-12-7-6-11(10-14-12)19(17,18)15(4-2)8-5-9-16/h6-7,10,16H,3-5,8-9H2,1-2H3,(H,13,14). The molecule has 0 atom stereocenters. The number of nitrogens with one attached hydrogen (secondary N) is 1. The van der Waals surface area contributed by atoms with Crippen LogP contribution in [0.1, 0.15) is 20.3 Å². The Hall–Kier alpha value is -1.18. The van der Waals surface area contributed by atoms with E-state index in [-0.39, 0.29) is 11.5 Å². The van der Waals surface area contributed by atoms with Gasteiger partial charge in [0.15, 0.2) is 0 Å². The summed E-state index contributed by atoms with van der Waals surface area (Å²) in [5.74, 6) is 0.653. The van der Waals surface area contributed by atoms with Gasteiger partial charge in [-0.2, -0.15) is 4.31 Å². The highest BCUT2D eigenvalue weighted by molar-refractivity contribution is 7.89. The number of anilines is 1. The van der Waals surface area contributed by atoms with Crippen molar-refractivity contribution in [1.82, 2.24) is 9.29 Å². The van der Waals surface area contributed by atoms with Gasteiger partial charge in [0.1, 0.15) is 10.7 Å². The number of aliphatic hydroxyl groups excluding tert-OH is 1. The van der Waals surface area contributed by atoms with Crippen molar-refractivity contribution in [1.29, 1.82) is 0 Å². The highest BCUT2D eigenvalue weighted by Gasteiger charge is 2.22. The fraction of sp³-hybridized carbons (Fsp3) is 0.583. The molecule has 19 heavy (non-hydrogen) atoms. The SMILES string of the molecule is CCNc1ccc(S(=O)(=O)N(CC)CCCO)cn1. The molecule has 1 aromatic heterocycles. The lowest BCUT2D eigenvalue weighted by molar-refractivity contribution is 0.271. The molecule has 0 unspecified atom stereocenters. The van der Waals surface area contributed by atoms with Gasteiger partial charge in [-0.3, -0.25) is 0 Å². The molecule has 2 N–H and O–H groups in total. The van der Waals surface area contributed by atoms with Crippen molar-refractivity contribution in [2.24, 2.45) is 0 Å². The molecule has 7 heteroatoms. The number of sulfonamides is 1. The van der Waals surface area contributed by atoms with E-state index in [2.05, 4.69) is 10.3 Å². The Kier molecular flexibility index (Phi) is 6.20. The van der Waals surface area contributed by atoms with Crippen molar-refractivity contribution in [3.8, 4) is 0 Å². The number of aliphatic hydroxyl groups is 1. The fourth-order valence-corrected chi connectivity index (χ4v) is 3.10. The quantitative estimate of drug-likeness (QED) is 0.742. The van der Waals surface area contributed by atoms with Crippen LogP contribution in [0.25, 0.3) is 0 Å². The lowest BCUT2D eigenvalue weighted by Gasteiger charge is -2.19. The molecule has 6 nitrogen and oxygen atoms in total. The summed E-state index contributed by atoms with van der Waals surface area (Å²) < 4.78 is 26.0. The lowest BCUT2D eigenvalue weighted by atomic mass is 10.4. The van der Waals surface area contributed by atoms with Gasteiger partial charge in [0.2, 0.25) is 10.0 Å². The molecule has 0 aliphatic heterocycles. The first-order valence-corrected chi connectivity index (χ1v) is 7.81. The smallest absolute Gasteiger partial charge is 0.244 e. The lowest BCUT2D eigenvalue weighted by Crippen LogP contribution is -2.32. The largest absolute Gasteiger partial charge is 0.396 e. The zero-order valence-electron chi connectivity index (χ0n) is 11.3. The first-order valence-electron chi connectivity index (χ1n) is 6.37. The molecule has 0 bridgehead atoms. The maximum absolute atomic E-state index is 12.3. The molecular formula is C12H21N3O3S. The first kappa shape index (κ1) is 15.9. The molecule has 0 saturated carbocycles. The van der Waals surface area contributed by atoms with E-state index < -0.39 is 10.0 Å². The summed E-state index contributed by atoms with van der Waals surface area (Å²) in [4.78, 5) is 4.24. The van der Waals surface area contributed by atoms with Crippen molar-refractivity contribution in [2.75, 3.05) is 31.6 Å². The summed E-state index contributed by atoms with van der Waals surface area (Å²) in [5.41, 5.74) is 0. The van der Waals surface area contributed by atoms with Crippen LogP contribution < -0.4 is 5.32 Å². The summed E-state index contributed by atoms with van der Waals surface area (Å²) in [7, 11) is -3.52. The molecule has 1 rings (SSSR count). The number of pyridine rings is 1. The summed E-state index contributed by atoms with van der Waals surface area (Å²) in [6, 6.07) is 3.19. The van der Waals surface area contributed by atoms with Gasteiger partial charge in [0, 0.05) is 32.4 Å². The van der Waals surface area contributed by atoms with Gasteiger partial charge in [-0.1, -0.05) is 6.92 Å². The zero-order chi connectivity index (χ0) is 14.3. The van der Waals surface area contributed by atoms with Crippen molar-refractivity contribution in [2.45, 2.75) is 25.2 Å². The Labute approximate surface area is 114 Å². The highest BCUT2D eigenvalue weighted by Crippen LogP contribution is 2.16. The van der Waals surface area contributed by atoms with Gasteiger partial charge in [-0.15, -0.1) is 0 Å². The van der Waals surface area contributed by atoms with Crippen LogP contribution in [0, 0.1) is 0 Å². The molecular weight excluding hydrogens is 266 g/mol. The summed E-state index contributed by atoms with van der Waals surface area (Å²) >= 11 is 0. The topological polar surface area (TPSA) is 82.5 Å². The van der Waals surface area contributed by atoms with Crippen LogP contribution in [-0.4, -0.2) is 49.1 Å². The third kappa shape index (κ3) is 4.15. The molecule has 0 fully saturated rings. The number of rotatable bonds is 8. The minimum absolute atomic E-state index is 0.0242. The van der Waals surface area contributed by atoms with E-state index in [0.29, 0.717) is 25.3 Å². The first-order chi connectivity index (χ1) is 9.06. The van der Waals surface area contributed by atoms with Gasteiger partial charge in [0.05, 0.1) is 0 Å². The maximum atomic E-state index is 12.3. The third-order valence-corrected chi connectivity index (χ3v) is 4.61. The minimum Gasteiger partial charge on any atom is -0.396 e. The molecule has 1 aromatic rings. The van der Waals surface area contributed by atoms with Crippen LogP contribution >= 0.6 is 0 Å². The van der Waals surface area contributed by atoms with Crippen molar-refractivity contribution in [3.63, 3.8) is 0 Å². The fourth-order valence-electron chi connectivity index (χ4n) is 1.66. The molecule has 0 radical (unpaired) electrons. The molecule has 0 saturated heterocycles. The van der Waals surface area contributed by atoms with E-state index in [1.54, 1.807) is 19.1 Å². The highest BCUT2D eigenvalue weighted by atomic mass is 32.2. The summed E-state index contributed by atoms with van der Waals surface area (Å²) in [6.07, 6.45) is 1.78. The van der Waals surface area contributed by atoms with Gasteiger partial charge < -0.3 is 10.4 Å². The second kappa shape index (κ2) is 7.42. The molecule has 1 heterocycles. The van der Waals surface area contributed by atoms with E-state index in [9.17, 15) is 8.42 Å². The summed E-state index contributed by atoms with van der Waals surface area (Å²) in [5, 5.41) is 11.8. The Morgan fingerprint density at radius 2 is 2.11 bits per heavy atom. The third-order valence-electron chi connectivity index (χ3n) is 2.65. The van der Waals surface area contributed by atoms with Gasteiger partial charge >= 0.3 is 0 Å². The predicted molar refractivity (Wildman–Crippen MR) is 74.5 cm³/mol. The number of aromatic nitrogens is 1. The molecule has 0 aliphatic carbocycles. The number of nitrogens with zero attached hydrogens (tertiary/aromatic N) is 2. The van der Waals surface area contributed by atoms with Crippen LogP contribution in [0.5, 0.6) is 0 Å². The number of hydrogen-bond acceptors (Lipinski definition) is 5. The van der Waals surface area contributed by atoms with E-state index in [4.69, 9.17) is 5.11 Å². The van der Waals surface area contributed by atoms with Gasteiger partial charge in [-0.05, 0) is 25.5 Å². The van der Waals surface area contributed by atoms with E-state index in [0.717, 1.165) is 6.54 Å². The van der Waals surface area contributed by atoms with Gasteiger partial charge in [0.25, 0.3) is 0 Å². The van der Waals surface area contributed by atoms with E-state index >= 15 is 0 Å². The van der Waals surface area contributed by atoms with Crippen LogP contribution in [0.3, 0.4) is 0 Å². The average Bonchev–Trinajstić information content (AvgIpc) is 2.40. The van der Waals surface area contributed by atoms with Crippen LogP contribution in [-0.2, 0) is 10.0 Å². The van der Waals surface area contributed by atoms with Crippen molar-refractivity contribution >= 4 is 15.8 Å². The van der Waals surface area contributed by atoms with E-state index in [1.807, 2.05) is 6.92 Å². The Bertz CT molecular complexity index is 473. The van der Waals surface area contributed by atoms with E-state index in [1.165, 1.54) is 10.5 Å². The predicted octanol–water partition coefficient (Wildman–Crippen LogP) is 0.906. The summed E-state index contributed by atoms with van der Waals surface area (Å²) in [6.45, 7) is 5.11. The maximum Gasteiger partial charge on any atom is 0.244 e. The molecule has 0 aliphatic rings. The molecule has 0 aromatic carbocycles. The van der Waals surface area contributed by atoms with Crippen LogP contribution in [0.4, 0.5) is 5.82 Å². The molecule has 108 valence electrons. The second-order valence-corrected chi connectivity index (χ2v) is 5.92. The number of hydrogen-bond donors (Lipinski definition) is 2. The molecule has 0 amide bonds. The Balaban J connectivity index is 2.91. The minimum atomic E-state index is -3.52. The Morgan fingerprint density at radius 1 is 1.37 bits per heavy atom. The van der Waals surface area contributed by atoms with Crippen LogP contribution in [0.2, 0.25) is 0 Å². The monoisotopic (exact) mass is 287 g/mol. The molecule has 0 spiro atoms. The average molecular weight is 287 g/mol.